The van der Waals surface area contributed by atoms with Crippen molar-refractivity contribution in [3.05, 3.63) is 23.4 Å². The molecule has 2 rings (SSSR count). The van der Waals surface area contributed by atoms with Gasteiger partial charge in [-0.15, -0.1) is 0 Å². The summed E-state index contributed by atoms with van der Waals surface area (Å²) in [6, 6.07) is 5.21. The van der Waals surface area contributed by atoms with Crippen molar-refractivity contribution in [1.82, 2.24) is 9.97 Å². The third kappa shape index (κ3) is 1.80. The fourth-order valence-electron chi connectivity index (χ4n) is 1.29. The second-order valence-electron chi connectivity index (χ2n) is 2.87. The lowest BCUT2D eigenvalue weighted by molar-refractivity contribution is 0.344. The van der Waals surface area contributed by atoms with Gasteiger partial charge >= 0.3 is 0 Å². The van der Waals surface area contributed by atoms with Crippen LogP contribution in [0.15, 0.2) is 18.2 Å². The fourth-order valence-corrected chi connectivity index (χ4v) is 1.44. The van der Waals surface area contributed by atoms with Crippen LogP contribution >= 0.6 is 11.6 Å². The summed E-state index contributed by atoms with van der Waals surface area (Å²) in [6.07, 6.45) is 0. The first-order valence-corrected chi connectivity index (χ1v) is 4.67. The van der Waals surface area contributed by atoms with Crippen LogP contribution in [0.5, 0.6) is 11.6 Å². The molecule has 0 aliphatic heterocycles. The smallest absolute Gasteiger partial charge is 0.257 e. The van der Waals surface area contributed by atoms with Gasteiger partial charge in [0.05, 0.1) is 25.3 Å². The summed E-state index contributed by atoms with van der Waals surface area (Å²) in [5, 5.41) is 0.427. The lowest BCUT2D eigenvalue weighted by Gasteiger charge is -2.07. The topological polar surface area (TPSA) is 44.2 Å². The van der Waals surface area contributed by atoms with Gasteiger partial charge in [-0.3, -0.25) is 0 Å². The van der Waals surface area contributed by atoms with Gasteiger partial charge in [0.25, 0.3) is 5.88 Å². The zero-order valence-corrected chi connectivity index (χ0v) is 9.08. The third-order valence-corrected chi connectivity index (χ3v) is 2.19. The number of hydrogen-bond donors (Lipinski definition) is 0. The molecule has 0 saturated heterocycles. The van der Waals surface area contributed by atoms with E-state index < -0.39 is 0 Å². The van der Waals surface area contributed by atoms with Gasteiger partial charge in [-0.2, -0.15) is 0 Å². The molecule has 0 saturated carbocycles. The Kier molecular flexibility index (Phi) is 2.60. The Hall–Kier alpha value is -1.55. The summed E-state index contributed by atoms with van der Waals surface area (Å²) in [7, 11) is 3.09. The van der Waals surface area contributed by atoms with Crippen LogP contribution in [0.1, 0.15) is 0 Å². The van der Waals surface area contributed by atoms with E-state index in [1.807, 2.05) is 0 Å². The van der Waals surface area contributed by atoms with E-state index in [-0.39, 0.29) is 0 Å². The fraction of sp³-hybridized carbons (Fsp3) is 0.200. The standard InChI is InChI=1S/C10H9ClN2O2/c1-14-8-5-7-6(13-10(8)15-2)3-4-9(11)12-7/h3-5H,1-2H3. The van der Waals surface area contributed by atoms with E-state index in [4.69, 9.17) is 21.1 Å². The number of pyridine rings is 2. The zero-order chi connectivity index (χ0) is 10.8. The Morgan fingerprint density at radius 2 is 1.87 bits per heavy atom. The molecule has 0 aliphatic carbocycles. The molecule has 0 atom stereocenters. The van der Waals surface area contributed by atoms with E-state index in [1.165, 1.54) is 0 Å². The number of aromatic nitrogens is 2. The predicted molar refractivity (Wildman–Crippen MR) is 57.7 cm³/mol. The summed E-state index contributed by atoms with van der Waals surface area (Å²) in [5.41, 5.74) is 1.40. The van der Waals surface area contributed by atoms with Gasteiger partial charge in [0, 0.05) is 6.07 Å². The Morgan fingerprint density at radius 3 is 2.53 bits per heavy atom. The number of methoxy groups -OCH3 is 2. The maximum absolute atomic E-state index is 5.78. The van der Waals surface area contributed by atoms with E-state index >= 15 is 0 Å². The molecule has 0 radical (unpaired) electrons. The highest BCUT2D eigenvalue weighted by Gasteiger charge is 2.08. The van der Waals surface area contributed by atoms with Gasteiger partial charge in [0.2, 0.25) is 0 Å². The van der Waals surface area contributed by atoms with Crippen molar-refractivity contribution in [2.24, 2.45) is 0 Å². The number of halogens is 1. The zero-order valence-electron chi connectivity index (χ0n) is 8.32. The van der Waals surface area contributed by atoms with Crippen LogP contribution < -0.4 is 9.47 Å². The van der Waals surface area contributed by atoms with Gasteiger partial charge in [0.15, 0.2) is 5.75 Å². The molecule has 0 spiro atoms. The number of ether oxygens (including phenoxy) is 2. The molecule has 2 aromatic rings. The molecule has 78 valence electrons. The molecular weight excluding hydrogens is 216 g/mol. The van der Waals surface area contributed by atoms with Gasteiger partial charge in [-0.25, -0.2) is 9.97 Å². The molecule has 0 fully saturated rings. The minimum atomic E-state index is 0.427. The van der Waals surface area contributed by atoms with Gasteiger partial charge in [-0.1, -0.05) is 11.6 Å². The average molecular weight is 225 g/mol. The van der Waals surface area contributed by atoms with E-state index in [2.05, 4.69) is 9.97 Å². The lowest BCUT2D eigenvalue weighted by atomic mass is 10.3. The molecule has 2 aromatic heterocycles. The summed E-state index contributed by atoms with van der Waals surface area (Å²) in [6.45, 7) is 0. The minimum absolute atomic E-state index is 0.427. The highest BCUT2D eigenvalue weighted by Crippen LogP contribution is 2.28. The third-order valence-electron chi connectivity index (χ3n) is 1.98. The van der Waals surface area contributed by atoms with Gasteiger partial charge < -0.3 is 9.47 Å². The highest BCUT2D eigenvalue weighted by molar-refractivity contribution is 6.29. The minimum Gasteiger partial charge on any atom is -0.491 e. The maximum atomic E-state index is 5.78. The molecule has 0 unspecified atom stereocenters. The van der Waals surface area contributed by atoms with Crippen molar-refractivity contribution >= 4 is 22.6 Å². The van der Waals surface area contributed by atoms with Gasteiger partial charge in [0.1, 0.15) is 5.15 Å². The van der Waals surface area contributed by atoms with Crippen LogP contribution in [-0.2, 0) is 0 Å². The first-order chi connectivity index (χ1) is 7.24. The molecule has 0 bridgehead atoms. The number of fused-ring (bicyclic) bond motifs is 1. The normalized spacial score (nSPS) is 10.3. The van der Waals surface area contributed by atoms with Crippen molar-refractivity contribution in [3.8, 4) is 11.6 Å². The Bertz CT molecular complexity index is 502. The Labute approximate surface area is 91.8 Å². The maximum Gasteiger partial charge on any atom is 0.257 e. The van der Waals surface area contributed by atoms with E-state index in [9.17, 15) is 0 Å². The van der Waals surface area contributed by atoms with Crippen LogP contribution in [0.25, 0.3) is 11.0 Å². The second-order valence-corrected chi connectivity index (χ2v) is 3.26. The molecule has 0 aromatic carbocycles. The number of nitrogens with zero attached hydrogens (tertiary/aromatic N) is 2. The van der Waals surface area contributed by atoms with Crippen molar-refractivity contribution in [1.29, 1.82) is 0 Å². The largest absolute Gasteiger partial charge is 0.491 e. The first kappa shape index (κ1) is 9.98. The molecule has 4 nitrogen and oxygen atoms in total. The first-order valence-electron chi connectivity index (χ1n) is 4.30. The quantitative estimate of drug-likeness (QED) is 0.735. The van der Waals surface area contributed by atoms with Crippen molar-refractivity contribution in [2.45, 2.75) is 0 Å². The van der Waals surface area contributed by atoms with Crippen molar-refractivity contribution in [2.75, 3.05) is 14.2 Å². The Morgan fingerprint density at radius 1 is 1.07 bits per heavy atom. The average Bonchev–Trinajstić information content (AvgIpc) is 2.27. The van der Waals surface area contributed by atoms with Crippen LogP contribution in [0.4, 0.5) is 0 Å². The predicted octanol–water partition coefficient (Wildman–Crippen LogP) is 2.30. The highest BCUT2D eigenvalue weighted by atomic mass is 35.5. The summed E-state index contributed by atoms with van der Waals surface area (Å²) in [5.74, 6) is 0.980. The number of hydrogen-bond acceptors (Lipinski definition) is 4. The van der Waals surface area contributed by atoms with Crippen LogP contribution in [-0.4, -0.2) is 24.2 Å². The summed E-state index contributed by atoms with van der Waals surface area (Å²) < 4.78 is 10.2. The Balaban J connectivity index is 2.69. The molecule has 0 N–H and O–H groups in total. The molecular formula is C10H9ClN2O2. The van der Waals surface area contributed by atoms with Crippen LogP contribution in [0, 0.1) is 0 Å². The van der Waals surface area contributed by atoms with E-state index in [1.54, 1.807) is 32.4 Å². The molecule has 2 heterocycles. The lowest BCUT2D eigenvalue weighted by Crippen LogP contribution is -1.94. The van der Waals surface area contributed by atoms with Crippen LogP contribution in [0.3, 0.4) is 0 Å². The summed E-state index contributed by atoms with van der Waals surface area (Å²) in [4.78, 5) is 8.36. The van der Waals surface area contributed by atoms with Crippen molar-refractivity contribution < 1.29 is 9.47 Å². The molecule has 0 aliphatic rings. The van der Waals surface area contributed by atoms with E-state index in [0.717, 1.165) is 5.52 Å². The monoisotopic (exact) mass is 224 g/mol. The van der Waals surface area contributed by atoms with Crippen molar-refractivity contribution in [3.63, 3.8) is 0 Å². The summed E-state index contributed by atoms with van der Waals surface area (Å²) >= 11 is 5.78. The second kappa shape index (κ2) is 3.90. The van der Waals surface area contributed by atoms with Crippen LogP contribution in [0.2, 0.25) is 5.15 Å². The molecule has 0 amide bonds. The molecule has 5 heteroatoms. The van der Waals surface area contributed by atoms with Gasteiger partial charge in [-0.05, 0) is 12.1 Å². The SMILES string of the molecule is COc1cc2nc(Cl)ccc2nc1OC. The number of rotatable bonds is 2. The van der Waals surface area contributed by atoms with E-state index in [0.29, 0.717) is 22.3 Å². The molecule has 15 heavy (non-hydrogen) atoms.